The van der Waals surface area contributed by atoms with Crippen LogP contribution in [0.2, 0.25) is 0 Å². The minimum Gasteiger partial charge on any atom is -0.504 e. The van der Waals surface area contributed by atoms with Crippen LogP contribution in [0.1, 0.15) is 18.1 Å². The quantitative estimate of drug-likeness (QED) is 0.522. The Kier molecular flexibility index (Phi) is 7.17. The van der Waals surface area contributed by atoms with Gasteiger partial charge in [0.25, 0.3) is 11.1 Å². The molecule has 0 unspecified atom stereocenters. The maximum atomic E-state index is 12.8. The molecule has 0 bridgehead atoms. The first-order valence-electron chi connectivity index (χ1n) is 9.65. The molecular weight excluding hydrogens is 408 g/mol. The monoisotopic (exact) mass is 432 g/mol. The number of carbonyl (C=O) groups is 3. The van der Waals surface area contributed by atoms with Crippen LogP contribution < -0.4 is 4.74 Å². The summed E-state index contributed by atoms with van der Waals surface area (Å²) in [5.41, 5.74) is 1.21. The molecule has 2 aliphatic rings. The van der Waals surface area contributed by atoms with Crippen molar-refractivity contribution in [1.82, 2.24) is 9.80 Å². The van der Waals surface area contributed by atoms with Crippen molar-refractivity contribution in [3.05, 3.63) is 40.8 Å². The first-order chi connectivity index (χ1) is 14.4. The Hall–Kier alpha value is -2.78. The number of thioether (sulfide) groups is 1. The van der Waals surface area contributed by atoms with E-state index >= 15 is 0 Å². The highest BCUT2D eigenvalue weighted by Gasteiger charge is 2.37. The highest BCUT2D eigenvalue weighted by Crippen LogP contribution is 2.36. The van der Waals surface area contributed by atoms with Crippen LogP contribution in [0.3, 0.4) is 0 Å². The van der Waals surface area contributed by atoms with Crippen LogP contribution in [0.25, 0.3) is 6.08 Å². The van der Waals surface area contributed by atoms with E-state index in [0.29, 0.717) is 56.2 Å². The summed E-state index contributed by atoms with van der Waals surface area (Å²) in [6.07, 6.45) is 3.64. The zero-order valence-corrected chi connectivity index (χ0v) is 17.6. The normalized spacial score (nSPS) is 18.2. The van der Waals surface area contributed by atoms with Gasteiger partial charge >= 0.3 is 0 Å². The summed E-state index contributed by atoms with van der Waals surface area (Å²) in [5.74, 6) is -0.468. The standard InChI is InChI=1S/C21H24N2O6S/c1-3-5-15-10-14(11-16(19(15)25)29-4-2)12-17-20(26)23(21(27)30-17)13-18(24)22-6-8-28-9-7-22/h3,10-12,25H,1,4-9,13H2,2H3. The average Bonchev–Trinajstić information content (AvgIpc) is 2.99. The van der Waals surface area contributed by atoms with Crippen LogP contribution in [-0.2, 0) is 20.7 Å². The fraction of sp³-hybridized carbons (Fsp3) is 0.381. The van der Waals surface area contributed by atoms with E-state index in [1.165, 1.54) is 0 Å². The Morgan fingerprint density at radius 1 is 1.33 bits per heavy atom. The molecule has 8 nitrogen and oxygen atoms in total. The summed E-state index contributed by atoms with van der Waals surface area (Å²) in [4.78, 5) is 40.3. The minimum absolute atomic E-state index is 0.0260. The van der Waals surface area contributed by atoms with Gasteiger partial charge < -0.3 is 19.5 Å². The van der Waals surface area contributed by atoms with Crippen LogP contribution in [-0.4, -0.2) is 71.4 Å². The number of rotatable bonds is 7. The third kappa shape index (κ3) is 4.85. The number of carbonyl (C=O) groups excluding carboxylic acids is 3. The summed E-state index contributed by atoms with van der Waals surface area (Å²) in [7, 11) is 0. The Balaban J connectivity index is 1.80. The summed E-state index contributed by atoms with van der Waals surface area (Å²) in [6, 6.07) is 3.32. The lowest BCUT2D eigenvalue weighted by Gasteiger charge is -2.28. The van der Waals surface area contributed by atoms with E-state index < -0.39 is 11.1 Å². The van der Waals surface area contributed by atoms with Crippen molar-refractivity contribution in [2.75, 3.05) is 39.5 Å². The number of nitrogens with zero attached hydrogens (tertiary/aromatic N) is 2. The molecule has 2 saturated heterocycles. The van der Waals surface area contributed by atoms with Crippen molar-refractivity contribution in [2.45, 2.75) is 13.3 Å². The third-order valence-electron chi connectivity index (χ3n) is 4.67. The molecule has 0 radical (unpaired) electrons. The first-order valence-corrected chi connectivity index (χ1v) is 10.5. The van der Waals surface area contributed by atoms with E-state index in [4.69, 9.17) is 9.47 Å². The number of imide groups is 1. The average molecular weight is 432 g/mol. The minimum atomic E-state index is -0.511. The van der Waals surface area contributed by atoms with E-state index in [1.54, 1.807) is 36.1 Å². The van der Waals surface area contributed by atoms with E-state index in [0.717, 1.165) is 16.7 Å². The number of morpholine rings is 1. The third-order valence-corrected chi connectivity index (χ3v) is 5.58. The van der Waals surface area contributed by atoms with Gasteiger partial charge in [-0.05, 0) is 48.9 Å². The predicted molar refractivity (Wildman–Crippen MR) is 113 cm³/mol. The van der Waals surface area contributed by atoms with Crippen molar-refractivity contribution in [3.8, 4) is 11.5 Å². The molecular formula is C21H24N2O6S. The topological polar surface area (TPSA) is 96.4 Å². The summed E-state index contributed by atoms with van der Waals surface area (Å²) < 4.78 is 10.7. The van der Waals surface area contributed by atoms with E-state index in [-0.39, 0.29) is 23.1 Å². The zero-order valence-electron chi connectivity index (χ0n) is 16.8. The van der Waals surface area contributed by atoms with Crippen LogP contribution >= 0.6 is 11.8 Å². The number of phenols is 1. The second kappa shape index (κ2) is 9.82. The van der Waals surface area contributed by atoms with Gasteiger partial charge in [0.1, 0.15) is 6.54 Å². The Labute approximate surface area is 179 Å². The predicted octanol–water partition coefficient (Wildman–Crippen LogP) is 2.41. The van der Waals surface area contributed by atoms with Gasteiger partial charge in [0.15, 0.2) is 11.5 Å². The van der Waals surface area contributed by atoms with Gasteiger partial charge in [-0.25, -0.2) is 0 Å². The summed E-state index contributed by atoms with van der Waals surface area (Å²) in [6.45, 7) is 7.36. The van der Waals surface area contributed by atoms with Gasteiger partial charge in [-0.2, -0.15) is 0 Å². The van der Waals surface area contributed by atoms with Crippen LogP contribution in [0.5, 0.6) is 11.5 Å². The van der Waals surface area contributed by atoms with Gasteiger partial charge in [-0.1, -0.05) is 6.08 Å². The second-order valence-electron chi connectivity index (χ2n) is 6.71. The molecule has 2 fully saturated rings. The van der Waals surface area contributed by atoms with Crippen LogP contribution in [0.4, 0.5) is 4.79 Å². The number of amides is 3. The molecule has 30 heavy (non-hydrogen) atoms. The molecule has 9 heteroatoms. The van der Waals surface area contributed by atoms with Gasteiger partial charge in [0.05, 0.1) is 24.7 Å². The largest absolute Gasteiger partial charge is 0.504 e. The molecule has 3 amide bonds. The Morgan fingerprint density at radius 2 is 2.07 bits per heavy atom. The lowest BCUT2D eigenvalue weighted by molar-refractivity contribution is -0.139. The Bertz CT molecular complexity index is 892. The first kappa shape index (κ1) is 21.9. The number of hydrogen-bond donors (Lipinski definition) is 1. The molecule has 2 heterocycles. The van der Waals surface area contributed by atoms with Gasteiger partial charge in [0, 0.05) is 18.7 Å². The fourth-order valence-electron chi connectivity index (χ4n) is 3.18. The maximum absolute atomic E-state index is 12.8. The van der Waals surface area contributed by atoms with E-state index in [9.17, 15) is 19.5 Å². The molecule has 2 aliphatic heterocycles. The molecule has 0 aliphatic carbocycles. The number of hydrogen-bond acceptors (Lipinski definition) is 7. The number of allylic oxidation sites excluding steroid dienone is 1. The lowest BCUT2D eigenvalue weighted by atomic mass is 10.1. The van der Waals surface area contributed by atoms with Crippen molar-refractivity contribution < 1.29 is 29.0 Å². The van der Waals surface area contributed by atoms with Gasteiger partial charge in [0.2, 0.25) is 5.91 Å². The molecule has 3 rings (SSSR count). The number of phenolic OH excluding ortho intramolecular Hbond substituents is 1. The lowest BCUT2D eigenvalue weighted by Crippen LogP contribution is -2.46. The molecule has 1 aromatic rings. The zero-order chi connectivity index (χ0) is 21.7. The number of aromatic hydroxyl groups is 1. The SMILES string of the molecule is C=CCc1cc(C=C2SC(=O)N(CC(=O)N3CCOCC3)C2=O)cc(OCC)c1O. The smallest absolute Gasteiger partial charge is 0.294 e. The molecule has 0 spiro atoms. The highest BCUT2D eigenvalue weighted by molar-refractivity contribution is 8.18. The van der Waals surface area contributed by atoms with E-state index in [1.807, 2.05) is 0 Å². The molecule has 1 aromatic carbocycles. The van der Waals surface area contributed by atoms with Gasteiger partial charge in [-0.3, -0.25) is 19.3 Å². The number of benzene rings is 1. The maximum Gasteiger partial charge on any atom is 0.294 e. The van der Waals surface area contributed by atoms with Gasteiger partial charge in [-0.15, -0.1) is 6.58 Å². The molecule has 0 atom stereocenters. The van der Waals surface area contributed by atoms with E-state index in [2.05, 4.69) is 6.58 Å². The summed E-state index contributed by atoms with van der Waals surface area (Å²) in [5, 5.41) is 9.83. The molecule has 0 aromatic heterocycles. The van der Waals surface area contributed by atoms with Crippen LogP contribution in [0, 0.1) is 0 Å². The van der Waals surface area contributed by atoms with Crippen LogP contribution in [0.15, 0.2) is 29.7 Å². The highest BCUT2D eigenvalue weighted by atomic mass is 32.2. The number of ether oxygens (including phenoxy) is 2. The van der Waals surface area contributed by atoms with Crippen molar-refractivity contribution in [3.63, 3.8) is 0 Å². The van der Waals surface area contributed by atoms with Crippen molar-refractivity contribution in [2.24, 2.45) is 0 Å². The molecule has 0 saturated carbocycles. The second-order valence-corrected chi connectivity index (χ2v) is 7.71. The Morgan fingerprint density at radius 3 is 2.73 bits per heavy atom. The summed E-state index contributed by atoms with van der Waals surface area (Å²) >= 11 is 0.788. The fourth-order valence-corrected chi connectivity index (χ4v) is 4.02. The molecule has 160 valence electrons. The van der Waals surface area contributed by atoms with Crippen molar-refractivity contribution in [1.29, 1.82) is 0 Å². The molecule has 1 N–H and O–H groups in total. The van der Waals surface area contributed by atoms with Crippen molar-refractivity contribution >= 4 is 34.9 Å².